The van der Waals surface area contributed by atoms with Gasteiger partial charge in [0.2, 0.25) is 0 Å². The van der Waals surface area contributed by atoms with Crippen LogP contribution < -0.4 is 4.74 Å². The van der Waals surface area contributed by atoms with Gasteiger partial charge in [0.05, 0.1) is 29.9 Å². The van der Waals surface area contributed by atoms with E-state index in [4.69, 9.17) is 44.5 Å². The predicted octanol–water partition coefficient (Wildman–Crippen LogP) is 10.2. The zero-order chi connectivity index (χ0) is 45.1. The molecule has 1 fully saturated rings. The molecule has 1 saturated heterocycles. The van der Waals surface area contributed by atoms with Gasteiger partial charge in [0.1, 0.15) is 27.0 Å². The van der Waals surface area contributed by atoms with Crippen molar-refractivity contribution >= 4 is 62.5 Å². The number of aldehydes is 1. The Labute approximate surface area is 383 Å². The third-order valence-corrected chi connectivity index (χ3v) is 14.5. The molecule has 2 aliphatic rings. The van der Waals surface area contributed by atoms with Crippen molar-refractivity contribution in [3.05, 3.63) is 134 Å². The fourth-order valence-corrected chi connectivity index (χ4v) is 10.6. The Hall–Kier alpha value is -3.77. The van der Waals surface area contributed by atoms with Crippen LogP contribution in [0.4, 0.5) is 0 Å². The molecule has 0 N–H and O–H groups in total. The predicted molar refractivity (Wildman–Crippen MR) is 253 cm³/mol. The second-order valence-corrected chi connectivity index (χ2v) is 21.1. The summed E-state index contributed by atoms with van der Waals surface area (Å²) >= 11 is 19.6. The number of carbonyl (C=O) groups excluding carboxylic acids is 2. The van der Waals surface area contributed by atoms with E-state index in [9.17, 15) is 18.0 Å². The third kappa shape index (κ3) is 9.38. The fraction of sp³-hybridized carbons (Fsp3) is 0.449. The monoisotopic (exact) mass is 920 g/mol. The van der Waals surface area contributed by atoms with Crippen molar-refractivity contribution in [3.8, 4) is 5.75 Å². The maximum Gasteiger partial charge on any atom is 0.167 e. The molecule has 0 amide bonds. The summed E-state index contributed by atoms with van der Waals surface area (Å²) in [5, 5.41) is 1.63. The zero-order valence-corrected chi connectivity index (χ0v) is 40.0. The van der Waals surface area contributed by atoms with Gasteiger partial charge in [-0.15, -0.1) is 0 Å². The molecule has 0 spiro atoms. The molecule has 1 unspecified atom stereocenters. The van der Waals surface area contributed by atoms with Gasteiger partial charge in [-0.25, -0.2) is 8.42 Å². The molecule has 6 rings (SSSR count). The van der Waals surface area contributed by atoms with Gasteiger partial charge in [0, 0.05) is 53.1 Å². The quantitative estimate of drug-likeness (QED) is 0.0763. The summed E-state index contributed by atoms with van der Waals surface area (Å²) < 4.78 is 30.6. The lowest BCUT2D eigenvalue weighted by Crippen LogP contribution is -2.73. The average Bonchev–Trinajstić information content (AvgIpc) is 3.55. The number of amidine groups is 1. The molecule has 2 heterocycles. The average molecular weight is 922 g/mol. The number of sulfone groups is 1. The highest BCUT2D eigenvalue weighted by Crippen LogP contribution is 2.60. The molecule has 0 aliphatic carbocycles. The van der Waals surface area contributed by atoms with Gasteiger partial charge in [-0.2, -0.15) is 0 Å². The minimum Gasteiger partial charge on any atom is -0.493 e. The summed E-state index contributed by atoms with van der Waals surface area (Å²) in [6, 6.07) is 28.5. The molecule has 9 nitrogen and oxygen atoms in total. The Balaban J connectivity index is 1.70. The van der Waals surface area contributed by atoms with Crippen LogP contribution in [0.15, 0.2) is 96.0 Å². The summed E-state index contributed by atoms with van der Waals surface area (Å²) in [6.07, 6.45) is 3.45. The number of benzene rings is 4. The lowest BCUT2D eigenvalue weighted by atomic mass is 9.64. The maximum atomic E-state index is 15.0. The number of halogens is 3. The maximum absolute atomic E-state index is 15.0. The number of hydrogen-bond donors (Lipinski definition) is 0. The first-order valence-corrected chi connectivity index (χ1v) is 24.7. The van der Waals surface area contributed by atoms with Crippen LogP contribution in [0.25, 0.3) is 0 Å². The van der Waals surface area contributed by atoms with Crippen molar-refractivity contribution in [1.29, 1.82) is 0 Å². The molecule has 332 valence electrons. The SMILES string of the molecule is CCOc1cc(C(C)(C)C)ccc1C1=N[C@@](CC)(c2ccc(Cl)cc2)[C@@](CC)(c2ccc(Cl)cc2)N1C(C=O)(CC(=O)c1ccc(Cl)cc1)N1CCN(CCCS(C)(=O)=O)CC1. The van der Waals surface area contributed by atoms with Crippen LogP contribution in [0.5, 0.6) is 5.75 Å². The van der Waals surface area contributed by atoms with E-state index in [1.54, 1.807) is 24.3 Å². The van der Waals surface area contributed by atoms with E-state index in [1.165, 1.54) is 6.26 Å². The molecular formula is C49H59Cl3N4O5S. The number of rotatable bonds is 17. The van der Waals surface area contributed by atoms with Crippen molar-refractivity contribution in [2.45, 2.75) is 89.4 Å². The van der Waals surface area contributed by atoms with Crippen LogP contribution in [0, 0.1) is 0 Å². The van der Waals surface area contributed by atoms with Crippen molar-refractivity contribution < 1.29 is 22.7 Å². The van der Waals surface area contributed by atoms with E-state index in [1.807, 2.05) is 61.5 Å². The first kappa shape index (κ1) is 47.7. The molecule has 0 saturated carbocycles. The topological polar surface area (TPSA) is 99.6 Å². The number of piperazine rings is 1. The van der Waals surface area contributed by atoms with Gasteiger partial charge in [-0.3, -0.25) is 19.5 Å². The molecule has 13 heteroatoms. The highest BCUT2D eigenvalue weighted by Gasteiger charge is 2.67. The summed E-state index contributed by atoms with van der Waals surface area (Å²) in [5.41, 5.74) is -0.0376. The van der Waals surface area contributed by atoms with E-state index >= 15 is 0 Å². The van der Waals surface area contributed by atoms with Gasteiger partial charge in [0.25, 0.3) is 0 Å². The zero-order valence-electron chi connectivity index (χ0n) is 36.9. The summed E-state index contributed by atoms with van der Waals surface area (Å²) in [4.78, 5) is 42.4. The van der Waals surface area contributed by atoms with E-state index in [0.29, 0.717) is 96.4 Å². The van der Waals surface area contributed by atoms with Gasteiger partial charge in [0.15, 0.2) is 17.7 Å². The highest BCUT2D eigenvalue weighted by molar-refractivity contribution is 7.90. The molecule has 4 aromatic rings. The third-order valence-electron chi connectivity index (χ3n) is 12.7. The molecular weight excluding hydrogens is 863 g/mol. The van der Waals surface area contributed by atoms with E-state index in [0.717, 1.165) is 23.0 Å². The second kappa shape index (κ2) is 19.1. The summed E-state index contributed by atoms with van der Waals surface area (Å²) in [7, 11) is -3.13. The lowest BCUT2D eigenvalue weighted by molar-refractivity contribution is -0.142. The number of ketones is 1. The minimum atomic E-state index is -3.13. The van der Waals surface area contributed by atoms with Crippen molar-refractivity contribution in [1.82, 2.24) is 14.7 Å². The van der Waals surface area contributed by atoms with Crippen molar-refractivity contribution in [2.75, 3.05) is 51.3 Å². The molecule has 2 aliphatic heterocycles. The molecule has 0 bridgehead atoms. The smallest absolute Gasteiger partial charge is 0.167 e. The number of nitrogens with zero attached hydrogens (tertiary/aromatic N) is 4. The molecule has 4 aromatic carbocycles. The van der Waals surface area contributed by atoms with Crippen molar-refractivity contribution in [2.24, 2.45) is 4.99 Å². The first-order valence-electron chi connectivity index (χ1n) is 21.5. The van der Waals surface area contributed by atoms with Crippen LogP contribution in [-0.4, -0.2) is 98.0 Å². The van der Waals surface area contributed by atoms with E-state index in [-0.39, 0.29) is 23.4 Å². The van der Waals surface area contributed by atoms with Crippen LogP contribution in [-0.2, 0) is 31.1 Å². The summed E-state index contributed by atoms with van der Waals surface area (Å²) in [6.45, 7) is 15.5. The van der Waals surface area contributed by atoms with Gasteiger partial charge in [-0.1, -0.05) is 99.8 Å². The van der Waals surface area contributed by atoms with Gasteiger partial charge >= 0.3 is 0 Å². The van der Waals surface area contributed by atoms with Crippen molar-refractivity contribution in [3.63, 3.8) is 0 Å². The Kier molecular flexibility index (Phi) is 14.7. The van der Waals surface area contributed by atoms with Crippen LogP contribution in [0.2, 0.25) is 15.1 Å². The largest absolute Gasteiger partial charge is 0.493 e. The lowest BCUT2D eigenvalue weighted by Gasteiger charge is -2.59. The Morgan fingerprint density at radius 3 is 1.87 bits per heavy atom. The Morgan fingerprint density at radius 1 is 0.806 bits per heavy atom. The number of carbonyl (C=O) groups is 2. The molecule has 0 aromatic heterocycles. The summed E-state index contributed by atoms with van der Waals surface area (Å²) in [5.74, 6) is 0.995. The van der Waals surface area contributed by atoms with Gasteiger partial charge in [-0.05, 0) is 115 Å². The van der Waals surface area contributed by atoms with Crippen LogP contribution in [0.1, 0.15) is 99.8 Å². The van der Waals surface area contributed by atoms with Crippen LogP contribution >= 0.6 is 34.8 Å². The second-order valence-electron chi connectivity index (χ2n) is 17.5. The molecule has 62 heavy (non-hydrogen) atoms. The van der Waals surface area contributed by atoms with Crippen LogP contribution in [0.3, 0.4) is 0 Å². The first-order chi connectivity index (χ1) is 29.4. The number of aliphatic imine (C=N–C) groups is 1. The van der Waals surface area contributed by atoms with Gasteiger partial charge < -0.3 is 14.5 Å². The number of hydrogen-bond acceptors (Lipinski definition) is 9. The van der Waals surface area contributed by atoms with E-state index < -0.39 is 26.6 Å². The molecule has 0 radical (unpaired) electrons. The molecule has 3 atom stereocenters. The number of Topliss-reactive ketones (excluding diaryl/α,β-unsaturated/α-hetero) is 1. The Bertz CT molecular complexity index is 2360. The fourth-order valence-electron chi connectivity index (χ4n) is 9.57. The minimum absolute atomic E-state index is 0.0920. The highest BCUT2D eigenvalue weighted by atomic mass is 35.5. The normalized spacial score (nSPS) is 21.1. The Morgan fingerprint density at radius 2 is 1.37 bits per heavy atom. The number of ether oxygens (including phenoxy) is 1. The standard InChI is InChI=1S/C49H59Cl3N4O5S/c1-8-48(36-14-21-40(51)22-15-36)49(9-2,37-16-23-41(52)24-17-37)56(45(53-48)42-25-18-38(46(4,5)6)32-44(42)61-10-3)47(34-57,33-43(58)35-12-19-39(50)20-13-35)55-29-27-54(28-30-55)26-11-31-62(7,59)60/h12-25,32,34H,8-11,26-31,33H2,1-7H3/t47?,48-,49+/m0/s1. The van der Waals surface area contributed by atoms with E-state index in [2.05, 4.69) is 61.5 Å².